The fourth-order valence-corrected chi connectivity index (χ4v) is 4.70. The molecule has 0 saturated heterocycles. The lowest BCUT2D eigenvalue weighted by Crippen LogP contribution is -2.37. The Morgan fingerprint density at radius 2 is 1.61 bits per heavy atom. The topological polar surface area (TPSA) is 91.1 Å². The lowest BCUT2D eigenvalue weighted by Gasteiger charge is -2.17. The predicted octanol–water partition coefficient (Wildman–Crippen LogP) is 5.95. The molecule has 0 fully saturated rings. The summed E-state index contributed by atoms with van der Waals surface area (Å²) in [6.45, 7) is 5.85. The highest BCUT2D eigenvalue weighted by molar-refractivity contribution is 9.10. The van der Waals surface area contributed by atoms with E-state index in [-0.39, 0.29) is 28.7 Å². The van der Waals surface area contributed by atoms with Crippen molar-refractivity contribution in [2.24, 2.45) is 0 Å². The summed E-state index contributed by atoms with van der Waals surface area (Å²) in [6, 6.07) is 19.5. The van der Waals surface area contributed by atoms with Gasteiger partial charge in [0.15, 0.2) is 5.78 Å². The second-order valence-electron chi connectivity index (χ2n) is 8.82. The summed E-state index contributed by atoms with van der Waals surface area (Å²) in [5, 5.41) is 6.69. The molecule has 184 valence electrons. The Bertz CT molecular complexity index is 1480. The number of benzene rings is 3. The highest BCUT2D eigenvalue weighted by Gasteiger charge is 2.15. The fourth-order valence-electron chi connectivity index (χ4n) is 4.03. The average molecular weight is 546 g/mol. The number of hydrogen-bond acceptors (Lipinski definition) is 4. The maximum atomic E-state index is 12.8. The maximum Gasteiger partial charge on any atom is 0.251 e. The van der Waals surface area contributed by atoms with Crippen LogP contribution in [0, 0.1) is 0 Å². The Kier molecular flexibility index (Phi) is 7.70. The van der Waals surface area contributed by atoms with Gasteiger partial charge in [-0.3, -0.25) is 14.4 Å². The van der Waals surface area contributed by atoms with Crippen molar-refractivity contribution in [1.29, 1.82) is 0 Å². The van der Waals surface area contributed by atoms with Gasteiger partial charge in [0, 0.05) is 30.0 Å². The van der Waals surface area contributed by atoms with E-state index in [1.807, 2.05) is 37.3 Å². The number of rotatable bonds is 8. The molecule has 1 atom stereocenters. The second-order valence-corrected chi connectivity index (χ2v) is 9.61. The molecule has 0 saturated carbocycles. The number of ketones is 1. The molecular formula is C29H28BrN3O3. The van der Waals surface area contributed by atoms with E-state index in [0.717, 1.165) is 17.5 Å². The third-order valence-corrected chi connectivity index (χ3v) is 7.01. The number of Topliss-reactive ketones (excluding diaryl/α,β-unsaturated/α-hetero) is 1. The second kappa shape index (κ2) is 10.9. The number of H-pyrrole nitrogens is 1. The summed E-state index contributed by atoms with van der Waals surface area (Å²) in [5.74, 6) is -0.445. The first-order valence-electron chi connectivity index (χ1n) is 11.9. The summed E-state index contributed by atoms with van der Waals surface area (Å²) < 4.78 is 0.574. The van der Waals surface area contributed by atoms with E-state index in [1.54, 1.807) is 6.07 Å². The van der Waals surface area contributed by atoms with Gasteiger partial charge in [-0.05, 0) is 77.2 Å². The number of carbonyl (C=O) groups is 2. The van der Waals surface area contributed by atoms with Crippen LogP contribution < -0.4 is 16.1 Å². The van der Waals surface area contributed by atoms with Crippen LogP contribution in [0.1, 0.15) is 47.1 Å². The lowest BCUT2D eigenvalue weighted by molar-refractivity contribution is 0.0941. The van der Waals surface area contributed by atoms with Crippen molar-refractivity contribution in [3.8, 4) is 11.1 Å². The van der Waals surface area contributed by atoms with E-state index in [9.17, 15) is 14.4 Å². The van der Waals surface area contributed by atoms with E-state index in [1.165, 1.54) is 18.7 Å². The number of aromatic amines is 1. The van der Waals surface area contributed by atoms with Gasteiger partial charge in [0.1, 0.15) is 0 Å². The molecule has 0 aliphatic carbocycles. The van der Waals surface area contributed by atoms with Gasteiger partial charge in [0.25, 0.3) is 5.91 Å². The summed E-state index contributed by atoms with van der Waals surface area (Å²) >= 11 is 3.51. The van der Waals surface area contributed by atoms with Crippen molar-refractivity contribution in [1.82, 2.24) is 10.3 Å². The van der Waals surface area contributed by atoms with Crippen LogP contribution in [0.25, 0.3) is 22.0 Å². The SMILES string of the molecule is CCc1ccc(-c2ccc(C(=O)N[C@@H](C)CNc3ccc4[nH]cc(C(C)=O)c(=O)c4c3Br)cc2)cc1. The minimum absolute atomic E-state index is 0.116. The minimum atomic E-state index is -0.321. The van der Waals surface area contributed by atoms with Crippen molar-refractivity contribution >= 4 is 44.2 Å². The smallest absolute Gasteiger partial charge is 0.251 e. The van der Waals surface area contributed by atoms with E-state index < -0.39 is 0 Å². The number of nitrogens with one attached hydrogen (secondary N) is 3. The Labute approximate surface area is 218 Å². The molecular weight excluding hydrogens is 518 g/mol. The molecule has 0 bridgehead atoms. The molecule has 3 N–H and O–H groups in total. The molecule has 0 radical (unpaired) electrons. The van der Waals surface area contributed by atoms with Crippen molar-refractivity contribution in [2.75, 3.05) is 11.9 Å². The van der Waals surface area contributed by atoms with Crippen LogP contribution in [0.15, 0.2) is 76.1 Å². The number of aryl methyl sites for hydroxylation is 1. The zero-order chi connectivity index (χ0) is 25.8. The number of fused-ring (bicyclic) bond motifs is 1. The number of amides is 1. The van der Waals surface area contributed by atoms with Gasteiger partial charge in [-0.25, -0.2) is 0 Å². The van der Waals surface area contributed by atoms with Crippen molar-refractivity contribution < 1.29 is 9.59 Å². The molecule has 7 heteroatoms. The molecule has 4 aromatic rings. The van der Waals surface area contributed by atoms with E-state index in [2.05, 4.69) is 62.7 Å². The molecule has 1 heterocycles. The van der Waals surface area contributed by atoms with Gasteiger partial charge < -0.3 is 15.6 Å². The summed E-state index contributed by atoms with van der Waals surface area (Å²) in [5.41, 5.74) is 5.19. The van der Waals surface area contributed by atoms with Crippen LogP contribution >= 0.6 is 15.9 Å². The molecule has 1 amide bonds. The number of carbonyl (C=O) groups excluding carboxylic acids is 2. The Hall–Kier alpha value is -3.71. The Morgan fingerprint density at radius 3 is 2.22 bits per heavy atom. The Morgan fingerprint density at radius 1 is 0.972 bits per heavy atom. The van der Waals surface area contributed by atoms with E-state index >= 15 is 0 Å². The molecule has 4 rings (SSSR count). The van der Waals surface area contributed by atoms with Crippen molar-refractivity contribution in [3.05, 3.63) is 98.2 Å². The number of pyridine rings is 1. The van der Waals surface area contributed by atoms with Crippen molar-refractivity contribution in [3.63, 3.8) is 0 Å². The Balaban J connectivity index is 1.41. The van der Waals surface area contributed by atoms with Gasteiger partial charge in [-0.15, -0.1) is 0 Å². The lowest BCUT2D eigenvalue weighted by atomic mass is 10.0. The fraction of sp³-hybridized carbons (Fsp3) is 0.207. The van der Waals surface area contributed by atoms with Crippen LogP contribution in [0.4, 0.5) is 5.69 Å². The van der Waals surface area contributed by atoms with Crippen LogP contribution in [0.3, 0.4) is 0 Å². The first-order chi connectivity index (χ1) is 17.3. The van der Waals surface area contributed by atoms with Gasteiger partial charge >= 0.3 is 0 Å². The quantitative estimate of drug-likeness (QED) is 0.238. The van der Waals surface area contributed by atoms with Gasteiger partial charge in [-0.1, -0.05) is 43.3 Å². The minimum Gasteiger partial charge on any atom is -0.382 e. The zero-order valence-corrected chi connectivity index (χ0v) is 22.0. The van der Waals surface area contributed by atoms with Gasteiger partial charge in [0.05, 0.1) is 20.9 Å². The maximum absolute atomic E-state index is 12.8. The van der Waals surface area contributed by atoms with E-state index in [0.29, 0.717) is 33.2 Å². The third kappa shape index (κ3) is 5.41. The highest BCUT2D eigenvalue weighted by Crippen LogP contribution is 2.29. The molecule has 6 nitrogen and oxygen atoms in total. The number of anilines is 1. The molecule has 1 aromatic heterocycles. The normalized spacial score (nSPS) is 11.8. The largest absolute Gasteiger partial charge is 0.382 e. The average Bonchev–Trinajstić information content (AvgIpc) is 2.88. The van der Waals surface area contributed by atoms with Gasteiger partial charge in [0.2, 0.25) is 5.43 Å². The standard InChI is InChI=1S/C29H28BrN3O3/c1-4-19-5-7-20(8-6-19)21-9-11-22(12-10-21)29(36)33-17(2)15-31-25-14-13-24-26(27(25)30)28(35)23(16-32-24)18(3)34/h5-14,16-17,31H,4,15H2,1-3H3,(H,32,35)(H,33,36)/t17-/m0/s1. The van der Waals surface area contributed by atoms with Gasteiger partial charge in [-0.2, -0.15) is 0 Å². The molecule has 0 aliphatic rings. The number of hydrogen-bond donors (Lipinski definition) is 3. The first-order valence-corrected chi connectivity index (χ1v) is 12.7. The number of halogens is 1. The van der Waals surface area contributed by atoms with Crippen LogP contribution in [-0.4, -0.2) is 29.3 Å². The van der Waals surface area contributed by atoms with Crippen LogP contribution in [0.5, 0.6) is 0 Å². The monoisotopic (exact) mass is 545 g/mol. The molecule has 0 aliphatic heterocycles. The summed E-state index contributed by atoms with van der Waals surface area (Å²) in [7, 11) is 0. The summed E-state index contributed by atoms with van der Waals surface area (Å²) in [4.78, 5) is 40.3. The third-order valence-electron chi connectivity index (χ3n) is 6.18. The molecule has 0 spiro atoms. The molecule has 3 aromatic carbocycles. The number of aromatic nitrogens is 1. The van der Waals surface area contributed by atoms with E-state index in [4.69, 9.17) is 0 Å². The molecule has 0 unspecified atom stereocenters. The summed E-state index contributed by atoms with van der Waals surface area (Å²) in [6.07, 6.45) is 2.45. The predicted molar refractivity (Wildman–Crippen MR) is 149 cm³/mol. The molecule has 36 heavy (non-hydrogen) atoms. The first kappa shape index (κ1) is 25.4. The zero-order valence-electron chi connectivity index (χ0n) is 20.4. The highest BCUT2D eigenvalue weighted by atomic mass is 79.9. The van der Waals surface area contributed by atoms with Crippen LogP contribution in [0.2, 0.25) is 0 Å². The van der Waals surface area contributed by atoms with Crippen molar-refractivity contribution in [2.45, 2.75) is 33.2 Å². The van der Waals surface area contributed by atoms with Crippen LogP contribution in [-0.2, 0) is 6.42 Å².